The molecule has 2 amide bonds. The molecule has 4 nitrogen and oxygen atoms in total. The number of likely N-dealkylation sites (N-methyl/N-ethyl adjacent to an activating group) is 1. The van der Waals surface area contributed by atoms with Crippen LogP contribution in [0.25, 0.3) is 0 Å². The number of thioether (sulfide) groups is 1. The molecular formula is C22H27BrN2O2S. The van der Waals surface area contributed by atoms with Crippen LogP contribution in [0.5, 0.6) is 0 Å². The van der Waals surface area contributed by atoms with Gasteiger partial charge < -0.3 is 10.2 Å². The van der Waals surface area contributed by atoms with Crippen LogP contribution in [0.2, 0.25) is 0 Å². The van der Waals surface area contributed by atoms with E-state index in [-0.39, 0.29) is 11.8 Å². The minimum absolute atomic E-state index is 0.0366. The first-order valence-electron chi connectivity index (χ1n) is 9.20. The van der Waals surface area contributed by atoms with Crippen LogP contribution in [0.4, 0.5) is 0 Å². The van der Waals surface area contributed by atoms with Gasteiger partial charge in [-0.25, -0.2) is 0 Å². The molecule has 0 fully saturated rings. The summed E-state index contributed by atoms with van der Waals surface area (Å²) >= 11 is 5.04. The maximum atomic E-state index is 12.9. The Morgan fingerprint density at radius 2 is 1.79 bits per heavy atom. The van der Waals surface area contributed by atoms with Gasteiger partial charge in [0.1, 0.15) is 6.04 Å². The normalized spacial score (nSPS) is 11.8. The molecule has 1 N–H and O–H groups in total. The molecular weight excluding hydrogens is 436 g/mol. The molecule has 0 spiro atoms. The van der Waals surface area contributed by atoms with Crippen LogP contribution in [-0.2, 0) is 21.9 Å². The molecule has 1 atom stereocenters. The minimum Gasteiger partial charge on any atom is -0.357 e. The number of hydrogen-bond acceptors (Lipinski definition) is 3. The van der Waals surface area contributed by atoms with Crippen LogP contribution >= 0.6 is 27.7 Å². The average molecular weight is 463 g/mol. The first-order chi connectivity index (χ1) is 13.3. The Morgan fingerprint density at radius 1 is 1.11 bits per heavy atom. The third-order valence-electron chi connectivity index (χ3n) is 4.43. The zero-order valence-corrected chi connectivity index (χ0v) is 19.2. The summed E-state index contributed by atoms with van der Waals surface area (Å²) in [7, 11) is 1.59. The standard InChI is InChI=1S/C22H27BrN2O2S/c1-15-8-16(2)10-19(9-15)13-28-14-21(26)25(17(3)22(27)24-4)12-18-6-5-7-20(23)11-18/h5-11,17H,12-14H2,1-4H3,(H,24,27). The van der Waals surface area contributed by atoms with E-state index < -0.39 is 6.04 Å². The van der Waals surface area contributed by atoms with Crippen molar-refractivity contribution in [2.45, 2.75) is 39.1 Å². The third-order valence-corrected chi connectivity index (χ3v) is 5.91. The van der Waals surface area contributed by atoms with Crippen molar-refractivity contribution in [2.24, 2.45) is 0 Å². The van der Waals surface area contributed by atoms with Crippen LogP contribution in [0.3, 0.4) is 0 Å². The number of nitrogens with one attached hydrogen (secondary N) is 1. The summed E-state index contributed by atoms with van der Waals surface area (Å²) in [4.78, 5) is 26.7. The molecule has 0 aliphatic carbocycles. The molecule has 0 aliphatic heterocycles. The second-order valence-electron chi connectivity index (χ2n) is 6.93. The van der Waals surface area contributed by atoms with Crippen LogP contribution in [0.15, 0.2) is 46.9 Å². The van der Waals surface area contributed by atoms with Crippen LogP contribution in [0.1, 0.15) is 29.2 Å². The molecule has 2 aromatic rings. The van der Waals surface area contributed by atoms with Crippen molar-refractivity contribution in [2.75, 3.05) is 12.8 Å². The Bertz CT molecular complexity index is 821. The molecule has 0 radical (unpaired) electrons. The van der Waals surface area contributed by atoms with Crippen LogP contribution in [-0.4, -0.2) is 35.6 Å². The number of carbonyl (C=O) groups is 2. The lowest BCUT2D eigenvalue weighted by atomic mass is 10.1. The van der Waals surface area contributed by atoms with Crippen molar-refractivity contribution in [3.8, 4) is 0 Å². The predicted octanol–water partition coefficient (Wildman–Crippen LogP) is 4.46. The van der Waals surface area contributed by atoms with E-state index in [2.05, 4.69) is 53.3 Å². The van der Waals surface area contributed by atoms with E-state index in [9.17, 15) is 9.59 Å². The van der Waals surface area contributed by atoms with Crippen LogP contribution < -0.4 is 5.32 Å². The number of rotatable bonds is 8. The van der Waals surface area contributed by atoms with Gasteiger partial charge in [0.15, 0.2) is 0 Å². The van der Waals surface area contributed by atoms with E-state index >= 15 is 0 Å². The summed E-state index contributed by atoms with van der Waals surface area (Å²) in [6, 6.07) is 13.7. The number of benzene rings is 2. The highest BCUT2D eigenvalue weighted by atomic mass is 79.9. The summed E-state index contributed by atoms with van der Waals surface area (Å²) < 4.78 is 0.953. The van der Waals surface area contributed by atoms with Gasteiger partial charge in [-0.1, -0.05) is 57.4 Å². The summed E-state index contributed by atoms with van der Waals surface area (Å²) in [6.45, 7) is 6.33. The zero-order valence-electron chi connectivity index (χ0n) is 16.8. The molecule has 2 aromatic carbocycles. The minimum atomic E-state index is -0.529. The molecule has 28 heavy (non-hydrogen) atoms. The summed E-state index contributed by atoms with van der Waals surface area (Å²) in [5.41, 5.74) is 4.66. The number of halogens is 1. The van der Waals surface area contributed by atoms with Gasteiger partial charge in [0.05, 0.1) is 5.75 Å². The second-order valence-corrected chi connectivity index (χ2v) is 8.83. The smallest absolute Gasteiger partial charge is 0.242 e. The SMILES string of the molecule is CNC(=O)C(C)N(Cc1cccc(Br)c1)C(=O)CSCc1cc(C)cc(C)c1. The Labute approximate surface area is 180 Å². The van der Waals surface area contributed by atoms with Gasteiger partial charge in [-0.05, 0) is 44.0 Å². The van der Waals surface area contributed by atoms with Gasteiger partial charge >= 0.3 is 0 Å². The number of nitrogens with zero attached hydrogens (tertiary/aromatic N) is 1. The number of aryl methyl sites for hydroxylation is 2. The second kappa shape index (κ2) is 10.7. The number of amides is 2. The molecule has 0 aliphatic rings. The number of carbonyl (C=O) groups excluding carboxylic acids is 2. The molecule has 2 rings (SSSR count). The lowest BCUT2D eigenvalue weighted by molar-refractivity contribution is -0.138. The zero-order chi connectivity index (χ0) is 20.7. The Balaban J connectivity index is 2.06. The van der Waals surface area contributed by atoms with Gasteiger partial charge in [-0.2, -0.15) is 0 Å². The topological polar surface area (TPSA) is 49.4 Å². The lowest BCUT2D eigenvalue weighted by Crippen LogP contribution is -2.47. The highest BCUT2D eigenvalue weighted by Gasteiger charge is 2.25. The maximum absolute atomic E-state index is 12.9. The first kappa shape index (κ1) is 22.5. The van der Waals surface area contributed by atoms with Crippen molar-refractivity contribution < 1.29 is 9.59 Å². The summed E-state index contributed by atoms with van der Waals surface area (Å²) in [5, 5.41) is 2.64. The van der Waals surface area contributed by atoms with Gasteiger partial charge in [0.25, 0.3) is 0 Å². The van der Waals surface area contributed by atoms with Crippen LogP contribution in [0, 0.1) is 13.8 Å². The molecule has 0 aromatic heterocycles. The molecule has 0 saturated carbocycles. The molecule has 0 bridgehead atoms. The average Bonchev–Trinajstić information content (AvgIpc) is 2.64. The largest absolute Gasteiger partial charge is 0.357 e. The van der Waals surface area contributed by atoms with Crippen molar-refractivity contribution >= 4 is 39.5 Å². The fourth-order valence-electron chi connectivity index (χ4n) is 3.11. The van der Waals surface area contributed by atoms with E-state index in [1.54, 1.807) is 30.6 Å². The van der Waals surface area contributed by atoms with Crippen molar-refractivity contribution in [1.29, 1.82) is 0 Å². The molecule has 6 heteroatoms. The van der Waals surface area contributed by atoms with E-state index in [0.29, 0.717) is 12.3 Å². The highest BCUT2D eigenvalue weighted by Crippen LogP contribution is 2.19. The van der Waals surface area contributed by atoms with Gasteiger partial charge in [0, 0.05) is 23.8 Å². The molecule has 0 saturated heterocycles. The summed E-state index contributed by atoms with van der Waals surface area (Å²) in [6.07, 6.45) is 0. The van der Waals surface area contributed by atoms with Gasteiger partial charge in [-0.15, -0.1) is 11.8 Å². The Kier molecular flexibility index (Phi) is 8.58. The monoisotopic (exact) mass is 462 g/mol. The van der Waals surface area contributed by atoms with Gasteiger partial charge in [-0.3, -0.25) is 9.59 Å². The summed E-state index contributed by atoms with van der Waals surface area (Å²) in [5.74, 6) is 0.906. The molecule has 150 valence electrons. The van der Waals surface area contributed by atoms with E-state index in [0.717, 1.165) is 15.8 Å². The fraction of sp³-hybridized carbons (Fsp3) is 0.364. The highest BCUT2D eigenvalue weighted by molar-refractivity contribution is 9.10. The van der Waals surface area contributed by atoms with Crippen molar-refractivity contribution in [1.82, 2.24) is 10.2 Å². The first-order valence-corrected chi connectivity index (χ1v) is 11.2. The number of hydrogen-bond donors (Lipinski definition) is 1. The van der Waals surface area contributed by atoms with Crippen molar-refractivity contribution in [3.63, 3.8) is 0 Å². The van der Waals surface area contributed by atoms with E-state index in [4.69, 9.17) is 0 Å². The molecule has 0 heterocycles. The third kappa shape index (κ3) is 6.67. The Hall–Kier alpha value is -1.79. The molecule has 1 unspecified atom stereocenters. The van der Waals surface area contributed by atoms with Crippen molar-refractivity contribution in [3.05, 3.63) is 69.2 Å². The Morgan fingerprint density at radius 3 is 2.39 bits per heavy atom. The van der Waals surface area contributed by atoms with E-state index in [1.165, 1.54) is 16.7 Å². The lowest BCUT2D eigenvalue weighted by Gasteiger charge is -2.28. The van der Waals surface area contributed by atoms with E-state index in [1.807, 2.05) is 24.3 Å². The quantitative estimate of drug-likeness (QED) is 0.629. The predicted molar refractivity (Wildman–Crippen MR) is 120 cm³/mol. The maximum Gasteiger partial charge on any atom is 0.242 e. The van der Waals surface area contributed by atoms with Gasteiger partial charge in [0.2, 0.25) is 11.8 Å². The fourth-order valence-corrected chi connectivity index (χ4v) is 4.41.